The minimum absolute atomic E-state index is 0. The molecule has 0 radical (unpaired) electrons. The van der Waals surface area contributed by atoms with Gasteiger partial charge in [-0.1, -0.05) is 41.0 Å². The number of nitrogens with zero attached hydrogens (tertiary/aromatic N) is 2. The lowest BCUT2D eigenvalue weighted by molar-refractivity contribution is 1.13. The fraction of sp³-hybridized carbons (Fsp3) is 0.200. The highest BCUT2D eigenvalue weighted by atomic mass is 35.5. The minimum Gasteiger partial charge on any atom is -0.366 e. The highest BCUT2D eigenvalue weighted by Gasteiger charge is 2.14. The molecule has 0 saturated carbocycles. The van der Waals surface area contributed by atoms with E-state index >= 15 is 0 Å². The summed E-state index contributed by atoms with van der Waals surface area (Å²) >= 11 is 13.5. The Morgan fingerprint density at radius 3 is 2.59 bits per heavy atom. The van der Waals surface area contributed by atoms with Crippen molar-refractivity contribution in [3.05, 3.63) is 33.8 Å². The lowest BCUT2D eigenvalue weighted by atomic mass is 10.1. The van der Waals surface area contributed by atoms with Crippen molar-refractivity contribution in [2.24, 2.45) is 10.2 Å². The first kappa shape index (κ1) is 14.6. The van der Waals surface area contributed by atoms with Crippen molar-refractivity contribution in [1.82, 2.24) is 5.32 Å². The van der Waals surface area contributed by atoms with Gasteiger partial charge in [-0.25, -0.2) is 0 Å². The van der Waals surface area contributed by atoms with E-state index in [0.29, 0.717) is 10.0 Å². The normalized spacial score (nSPS) is 14.5. The van der Waals surface area contributed by atoms with Crippen LogP contribution in [-0.2, 0) is 0 Å². The first-order valence-electron chi connectivity index (χ1n) is 4.61. The predicted octanol–water partition coefficient (Wildman–Crippen LogP) is 3.44. The van der Waals surface area contributed by atoms with Gasteiger partial charge in [0.25, 0.3) is 0 Å². The molecule has 0 atom stereocenters. The number of benzene rings is 1. The van der Waals surface area contributed by atoms with E-state index in [-0.39, 0.29) is 12.4 Å². The summed E-state index contributed by atoms with van der Waals surface area (Å²) in [5.74, 6) is 0.751. The average molecular weight is 311 g/mol. The summed E-state index contributed by atoms with van der Waals surface area (Å²) in [6.45, 7) is 0. The Hall–Kier alpha value is -0.420. The molecule has 92 valence electrons. The van der Waals surface area contributed by atoms with Crippen LogP contribution in [0, 0.1) is 0 Å². The summed E-state index contributed by atoms with van der Waals surface area (Å²) in [6, 6.07) is 5.38. The molecule has 2 rings (SSSR count). The van der Waals surface area contributed by atoms with Gasteiger partial charge in [-0.3, -0.25) is 0 Å². The second kappa shape index (κ2) is 6.50. The fourth-order valence-electron chi connectivity index (χ4n) is 1.28. The molecule has 1 aliphatic heterocycles. The van der Waals surface area contributed by atoms with Gasteiger partial charge >= 0.3 is 0 Å². The maximum Gasteiger partial charge on any atom is 0.183 e. The summed E-state index contributed by atoms with van der Waals surface area (Å²) in [4.78, 5) is 0. The van der Waals surface area contributed by atoms with E-state index in [1.54, 1.807) is 23.9 Å². The molecule has 17 heavy (non-hydrogen) atoms. The van der Waals surface area contributed by atoms with Crippen molar-refractivity contribution in [3.63, 3.8) is 0 Å². The zero-order valence-corrected chi connectivity index (χ0v) is 12.1. The molecule has 0 amide bonds. The summed E-state index contributed by atoms with van der Waals surface area (Å²) in [6.07, 6.45) is 0. The highest BCUT2D eigenvalue weighted by molar-refractivity contribution is 8.14. The maximum atomic E-state index is 6.09. The second-order valence-electron chi connectivity index (χ2n) is 3.11. The SMILES string of the molecule is CNC1=NN=C(c2ccc(Cl)cc2Cl)CS1.Cl. The van der Waals surface area contributed by atoms with Crippen LogP contribution < -0.4 is 5.32 Å². The van der Waals surface area contributed by atoms with Gasteiger partial charge in [0.1, 0.15) is 0 Å². The Bertz CT molecular complexity index is 474. The van der Waals surface area contributed by atoms with Gasteiger partial charge in [0, 0.05) is 23.4 Å². The Labute approximate surface area is 120 Å². The van der Waals surface area contributed by atoms with Crippen LogP contribution in [-0.4, -0.2) is 23.7 Å². The molecule has 0 saturated heterocycles. The van der Waals surface area contributed by atoms with Crippen molar-refractivity contribution in [1.29, 1.82) is 0 Å². The summed E-state index contributed by atoms with van der Waals surface area (Å²) in [5.41, 5.74) is 1.75. The number of hydrogen-bond donors (Lipinski definition) is 1. The minimum atomic E-state index is 0. The van der Waals surface area contributed by atoms with Crippen molar-refractivity contribution in [2.45, 2.75) is 0 Å². The molecule has 0 aromatic heterocycles. The Balaban J connectivity index is 0.00000144. The van der Waals surface area contributed by atoms with E-state index in [1.807, 2.05) is 13.1 Å². The van der Waals surface area contributed by atoms with Gasteiger partial charge in [0.15, 0.2) is 5.17 Å². The predicted molar refractivity (Wildman–Crippen MR) is 79.2 cm³/mol. The Kier molecular flexibility index (Phi) is 5.59. The van der Waals surface area contributed by atoms with Gasteiger partial charge < -0.3 is 5.32 Å². The molecule has 1 aliphatic rings. The Morgan fingerprint density at radius 1 is 1.29 bits per heavy atom. The molecule has 7 heteroatoms. The molecule has 0 fully saturated rings. The third-order valence-corrected chi connectivity index (χ3v) is 3.59. The molecule has 0 spiro atoms. The van der Waals surface area contributed by atoms with Gasteiger partial charge in [0.05, 0.1) is 10.7 Å². The average Bonchev–Trinajstić information content (AvgIpc) is 2.29. The zero-order valence-electron chi connectivity index (χ0n) is 8.91. The fourth-order valence-corrected chi connectivity index (χ4v) is 2.52. The van der Waals surface area contributed by atoms with Crippen LogP contribution in [0.2, 0.25) is 10.0 Å². The van der Waals surface area contributed by atoms with Crippen molar-refractivity contribution in [3.8, 4) is 0 Å². The van der Waals surface area contributed by atoms with Crippen LogP contribution in [0.15, 0.2) is 28.4 Å². The van der Waals surface area contributed by atoms with Crippen molar-refractivity contribution >= 4 is 58.3 Å². The monoisotopic (exact) mass is 309 g/mol. The molecular formula is C10H10Cl3N3S. The highest BCUT2D eigenvalue weighted by Crippen LogP contribution is 2.24. The van der Waals surface area contributed by atoms with E-state index < -0.39 is 0 Å². The third kappa shape index (κ3) is 3.52. The summed E-state index contributed by atoms with van der Waals surface area (Å²) < 4.78 is 0. The molecule has 1 aromatic rings. The van der Waals surface area contributed by atoms with Crippen LogP contribution in [0.3, 0.4) is 0 Å². The van der Waals surface area contributed by atoms with Gasteiger partial charge in [0.2, 0.25) is 0 Å². The van der Waals surface area contributed by atoms with Gasteiger partial charge in [-0.05, 0) is 12.1 Å². The number of hydrogen-bond acceptors (Lipinski definition) is 4. The molecule has 1 aromatic carbocycles. The van der Waals surface area contributed by atoms with Crippen molar-refractivity contribution < 1.29 is 0 Å². The number of amidine groups is 1. The zero-order chi connectivity index (χ0) is 11.5. The lowest BCUT2D eigenvalue weighted by Gasteiger charge is -2.12. The lowest BCUT2D eigenvalue weighted by Crippen LogP contribution is -2.20. The van der Waals surface area contributed by atoms with Gasteiger partial charge in [-0.15, -0.1) is 17.5 Å². The smallest absolute Gasteiger partial charge is 0.183 e. The molecule has 0 unspecified atom stereocenters. The number of rotatable bonds is 1. The number of halogens is 3. The van der Waals surface area contributed by atoms with E-state index in [4.69, 9.17) is 23.2 Å². The van der Waals surface area contributed by atoms with Crippen LogP contribution in [0.5, 0.6) is 0 Å². The molecule has 1 N–H and O–H groups in total. The van der Waals surface area contributed by atoms with E-state index in [1.165, 1.54) is 0 Å². The number of thioether (sulfide) groups is 1. The first-order valence-corrected chi connectivity index (χ1v) is 6.35. The third-order valence-electron chi connectivity index (χ3n) is 2.06. The Morgan fingerprint density at radius 2 is 2.06 bits per heavy atom. The number of nitrogens with one attached hydrogen (secondary N) is 1. The molecular weight excluding hydrogens is 301 g/mol. The topological polar surface area (TPSA) is 36.8 Å². The van der Waals surface area contributed by atoms with E-state index in [0.717, 1.165) is 22.2 Å². The van der Waals surface area contributed by atoms with Crippen LogP contribution in [0.1, 0.15) is 5.56 Å². The van der Waals surface area contributed by atoms with Crippen LogP contribution >= 0.6 is 47.4 Å². The maximum absolute atomic E-state index is 6.09. The second-order valence-corrected chi connectivity index (χ2v) is 4.92. The molecule has 0 aliphatic carbocycles. The summed E-state index contributed by atoms with van der Waals surface area (Å²) in [5, 5.41) is 13.2. The largest absolute Gasteiger partial charge is 0.366 e. The molecule has 1 heterocycles. The standard InChI is InChI=1S/C10H9Cl2N3S.ClH/c1-13-10-15-14-9(5-16-10)7-3-2-6(11)4-8(7)12;/h2-4H,5H2,1H3,(H,13,15);1H. The first-order chi connectivity index (χ1) is 7.70. The van der Waals surface area contributed by atoms with Crippen LogP contribution in [0.4, 0.5) is 0 Å². The van der Waals surface area contributed by atoms with Crippen LogP contribution in [0.25, 0.3) is 0 Å². The summed E-state index contributed by atoms with van der Waals surface area (Å²) in [7, 11) is 1.82. The van der Waals surface area contributed by atoms with Gasteiger partial charge in [-0.2, -0.15) is 5.10 Å². The van der Waals surface area contributed by atoms with Crippen molar-refractivity contribution in [2.75, 3.05) is 12.8 Å². The quantitative estimate of drug-likeness (QED) is 0.862. The van der Waals surface area contributed by atoms with E-state index in [9.17, 15) is 0 Å². The molecule has 0 bridgehead atoms. The molecule has 3 nitrogen and oxygen atoms in total. The van der Waals surface area contributed by atoms with E-state index in [2.05, 4.69) is 15.5 Å².